The van der Waals surface area contributed by atoms with Crippen LogP contribution in [0.25, 0.3) is 0 Å². The standard InChI is InChI=1S/CHN4.Ag/c1-2-4-5-3-1;/h(H,2,3,4,5);. The minimum absolute atomic E-state index is 0.555. The van der Waals surface area contributed by atoms with Gasteiger partial charge in [-0.3, -0.25) is 0 Å². The molecule has 1 aromatic rings. The number of hydrogen-bond acceptors (Lipinski definition) is 3. The van der Waals surface area contributed by atoms with Gasteiger partial charge in [0.1, 0.15) is 0 Å². The molecule has 5 heteroatoms. The Morgan fingerprint density at radius 1 is 1.67 bits per heavy atom. The number of aromatic amines is 1. The summed E-state index contributed by atoms with van der Waals surface area (Å²) in [7, 11) is 0. The molecule has 0 unspecified atom stereocenters. The fourth-order valence-electron chi connectivity index (χ4n) is 0.140. The van der Waals surface area contributed by atoms with E-state index in [-0.39, 0.29) is 0 Å². The van der Waals surface area contributed by atoms with E-state index in [1.807, 2.05) is 0 Å². The summed E-state index contributed by atoms with van der Waals surface area (Å²) in [6.45, 7) is 0. The van der Waals surface area contributed by atoms with Crippen LogP contribution in [0.3, 0.4) is 0 Å². The van der Waals surface area contributed by atoms with Gasteiger partial charge in [0, 0.05) is 0 Å². The molecular weight excluding hydrogens is 176 g/mol. The van der Waals surface area contributed by atoms with E-state index in [0.29, 0.717) is 4.04 Å². The Balaban J connectivity index is 3.05. The predicted molar refractivity (Wildman–Crippen MR) is 13.8 cm³/mol. The second kappa shape index (κ2) is 1.51. The van der Waals surface area contributed by atoms with Gasteiger partial charge in [-0.25, -0.2) is 0 Å². The summed E-state index contributed by atoms with van der Waals surface area (Å²) in [5.74, 6) is 0. The van der Waals surface area contributed by atoms with E-state index in [4.69, 9.17) is 0 Å². The molecule has 1 rings (SSSR count). The Bertz CT molecular complexity index is 111. The number of hydrogen-bond donors (Lipinski definition) is 1. The summed E-state index contributed by atoms with van der Waals surface area (Å²) in [5, 5.41) is 12.4. The van der Waals surface area contributed by atoms with Gasteiger partial charge in [-0.1, -0.05) is 0 Å². The van der Waals surface area contributed by atoms with E-state index < -0.39 is 0 Å². The van der Waals surface area contributed by atoms with E-state index >= 15 is 0 Å². The maximum atomic E-state index is 3.42. The van der Waals surface area contributed by atoms with Crippen LogP contribution >= 0.6 is 0 Å². The van der Waals surface area contributed by atoms with E-state index in [0.717, 1.165) is 0 Å². The Hall–Kier alpha value is -0.190. The first kappa shape index (κ1) is 3.98. The molecule has 0 spiro atoms. The van der Waals surface area contributed by atoms with E-state index in [2.05, 4.69) is 41.7 Å². The van der Waals surface area contributed by atoms with Crippen LogP contribution in [0.5, 0.6) is 0 Å². The van der Waals surface area contributed by atoms with Gasteiger partial charge in [0.05, 0.1) is 0 Å². The van der Waals surface area contributed by atoms with Crippen LogP contribution in [0.2, 0.25) is 0 Å². The maximum absolute atomic E-state index is 3.42. The second-order valence-corrected chi connectivity index (χ2v) is 1.36. The minimum atomic E-state index is 0.555. The zero-order valence-electron chi connectivity index (χ0n) is 2.64. The molecule has 1 N–H and O–H groups in total. The monoisotopic (exact) mass is 176 g/mol. The van der Waals surface area contributed by atoms with Crippen molar-refractivity contribution >= 4 is 4.04 Å². The van der Waals surface area contributed by atoms with Gasteiger partial charge in [-0.05, 0) is 0 Å². The number of nitrogens with zero attached hydrogens (tertiary/aromatic N) is 3. The Morgan fingerprint density at radius 2 is 2.50 bits per heavy atom. The van der Waals surface area contributed by atoms with Gasteiger partial charge in [-0.2, -0.15) is 0 Å². The van der Waals surface area contributed by atoms with Crippen LogP contribution in [0.1, 0.15) is 0 Å². The molecule has 0 aromatic carbocycles. The topological polar surface area (TPSA) is 54.5 Å². The SMILES string of the molecule is [Ag][c]1nnn[nH]1. The Morgan fingerprint density at radius 3 is 2.67 bits per heavy atom. The predicted octanol–water partition coefficient (Wildman–Crippen LogP) is -1.63. The summed E-state index contributed by atoms with van der Waals surface area (Å²) in [5.41, 5.74) is 0. The Labute approximate surface area is 46.2 Å². The van der Waals surface area contributed by atoms with Crippen molar-refractivity contribution in [3.8, 4) is 0 Å². The van der Waals surface area contributed by atoms with Gasteiger partial charge in [0.2, 0.25) is 0 Å². The Kier molecular flexibility index (Phi) is 0.999. The third-order valence-corrected chi connectivity index (χ3v) is 0.617. The van der Waals surface area contributed by atoms with Crippen LogP contribution < -0.4 is 4.04 Å². The summed E-state index contributed by atoms with van der Waals surface area (Å²) in [4.78, 5) is 0. The molecule has 0 atom stereocenters. The van der Waals surface area contributed by atoms with Crippen LogP contribution in [-0.4, -0.2) is 20.6 Å². The molecule has 0 aliphatic heterocycles. The van der Waals surface area contributed by atoms with Gasteiger partial charge >= 0.3 is 45.7 Å². The molecule has 0 saturated heterocycles. The molecule has 4 nitrogen and oxygen atoms in total. The van der Waals surface area contributed by atoms with Crippen molar-refractivity contribution in [1.29, 1.82) is 0 Å². The van der Waals surface area contributed by atoms with Crippen LogP contribution in [0, 0.1) is 0 Å². The van der Waals surface area contributed by atoms with Crippen LogP contribution in [-0.2, 0) is 21.1 Å². The number of rotatable bonds is 0. The van der Waals surface area contributed by atoms with Crippen molar-refractivity contribution in [3.63, 3.8) is 0 Å². The van der Waals surface area contributed by atoms with E-state index in [9.17, 15) is 0 Å². The molecular formula is CHAgN4. The molecule has 36 valence electrons. The molecule has 1 heterocycles. The van der Waals surface area contributed by atoms with Crippen molar-refractivity contribution in [2.24, 2.45) is 0 Å². The van der Waals surface area contributed by atoms with Crippen molar-refractivity contribution in [2.75, 3.05) is 0 Å². The molecule has 0 amide bonds. The first-order chi connectivity index (χ1) is 2.89. The first-order valence-corrected chi connectivity index (χ1v) is 1.99. The molecule has 0 aliphatic rings. The van der Waals surface area contributed by atoms with Gasteiger partial charge in [0.25, 0.3) is 0 Å². The molecule has 0 radical (unpaired) electrons. The summed E-state index contributed by atoms with van der Waals surface area (Å²) in [6, 6.07) is 0. The zero-order chi connectivity index (χ0) is 4.41. The fourth-order valence-corrected chi connectivity index (χ4v) is 0.281. The zero-order valence-corrected chi connectivity index (χ0v) is 4.13. The molecule has 0 aliphatic carbocycles. The molecule has 0 fully saturated rings. The third-order valence-electron chi connectivity index (χ3n) is 0.303. The number of tetrazole rings is 1. The average molecular weight is 177 g/mol. The van der Waals surface area contributed by atoms with Crippen molar-refractivity contribution in [2.45, 2.75) is 0 Å². The van der Waals surface area contributed by atoms with E-state index in [1.54, 1.807) is 0 Å². The van der Waals surface area contributed by atoms with E-state index in [1.165, 1.54) is 0 Å². The number of H-pyrrole nitrogens is 1. The molecule has 1 aromatic heterocycles. The summed E-state index contributed by atoms with van der Waals surface area (Å²) >= 11 is 3.01. The van der Waals surface area contributed by atoms with Crippen molar-refractivity contribution in [3.05, 3.63) is 0 Å². The fraction of sp³-hybridized carbons (Fsp3) is 0. The summed E-state index contributed by atoms with van der Waals surface area (Å²) < 4.78 is 0.555. The molecule has 0 saturated carbocycles. The number of nitrogens with one attached hydrogen (secondary N) is 1. The van der Waals surface area contributed by atoms with Crippen molar-refractivity contribution in [1.82, 2.24) is 20.6 Å². The first-order valence-electron chi connectivity index (χ1n) is 1.25. The molecule has 0 bridgehead atoms. The van der Waals surface area contributed by atoms with Crippen LogP contribution in [0.4, 0.5) is 0 Å². The quantitative estimate of drug-likeness (QED) is 0.484. The van der Waals surface area contributed by atoms with Gasteiger partial charge in [0.15, 0.2) is 0 Å². The average Bonchev–Trinajstić information content (AvgIpc) is 1.86. The van der Waals surface area contributed by atoms with Crippen molar-refractivity contribution < 1.29 is 21.1 Å². The normalized spacial score (nSPS) is 9.00. The van der Waals surface area contributed by atoms with Crippen LogP contribution in [0.15, 0.2) is 0 Å². The van der Waals surface area contributed by atoms with Gasteiger partial charge < -0.3 is 0 Å². The molecule has 6 heavy (non-hydrogen) atoms. The number of aromatic nitrogens is 4. The third kappa shape index (κ3) is 0.649. The summed E-state index contributed by atoms with van der Waals surface area (Å²) in [6.07, 6.45) is 0. The second-order valence-electron chi connectivity index (χ2n) is 0.656. The van der Waals surface area contributed by atoms with Gasteiger partial charge in [-0.15, -0.1) is 0 Å².